The molecule has 0 amide bonds. The second-order valence-electron chi connectivity index (χ2n) is 7.16. The highest BCUT2D eigenvalue weighted by Gasteiger charge is 2.19. The summed E-state index contributed by atoms with van der Waals surface area (Å²) in [4.78, 5) is 31.3. The van der Waals surface area contributed by atoms with Crippen molar-refractivity contribution in [1.82, 2.24) is 18.7 Å². The first-order valence-corrected chi connectivity index (χ1v) is 10.2. The first-order valence-electron chi connectivity index (χ1n) is 9.85. The van der Waals surface area contributed by atoms with Gasteiger partial charge in [0.05, 0.1) is 32.7 Å². The monoisotopic (exact) mass is 419 g/mol. The Hall–Kier alpha value is -2.58. The van der Waals surface area contributed by atoms with E-state index in [0.29, 0.717) is 28.7 Å². The molecule has 9 heteroatoms. The largest absolute Gasteiger partial charge is 0.350 e. The molecular formula is C20H28ClN6O2+. The van der Waals surface area contributed by atoms with Crippen molar-refractivity contribution in [2.24, 2.45) is 14.1 Å². The highest BCUT2D eigenvalue weighted by molar-refractivity contribution is 6.30. The van der Waals surface area contributed by atoms with Crippen LogP contribution < -0.4 is 21.5 Å². The summed E-state index contributed by atoms with van der Waals surface area (Å²) in [6, 6.07) is 7.48. The molecule has 0 aliphatic carbocycles. The van der Waals surface area contributed by atoms with Crippen molar-refractivity contribution in [3.05, 3.63) is 55.7 Å². The Bertz CT molecular complexity index is 1110. The van der Waals surface area contributed by atoms with Crippen molar-refractivity contribution >= 4 is 28.7 Å². The van der Waals surface area contributed by atoms with E-state index in [-0.39, 0.29) is 5.56 Å². The summed E-state index contributed by atoms with van der Waals surface area (Å²) < 4.78 is 4.38. The van der Waals surface area contributed by atoms with Crippen LogP contribution in [0.2, 0.25) is 5.02 Å². The minimum atomic E-state index is -0.391. The molecule has 8 nitrogen and oxygen atoms in total. The van der Waals surface area contributed by atoms with Gasteiger partial charge >= 0.3 is 5.69 Å². The predicted molar refractivity (Wildman–Crippen MR) is 116 cm³/mol. The van der Waals surface area contributed by atoms with E-state index in [2.05, 4.69) is 24.1 Å². The van der Waals surface area contributed by atoms with E-state index in [9.17, 15) is 9.59 Å². The van der Waals surface area contributed by atoms with Gasteiger partial charge in [0.15, 0.2) is 11.2 Å². The number of benzene rings is 1. The molecule has 0 saturated heterocycles. The van der Waals surface area contributed by atoms with Gasteiger partial charge in [0.25, 0.3) is 5.56 Å². The third-order valence-electron chi connectivity index (χ3n) is 5.36. The standard InChI is InChI=1S/C20H27ClN6O2/c1-5-26(6-2)12-11-22-19-23-17-16(18(28)25(4)20(29)24(17)3)27(19)13-14-7-9-15(21)10-8-14/h7-10H,5-6,11-13H2,1-4H3,(H,22,23)/p+1. The van der Waals surface area contributed by atoms with Crippen LogP contribution in [0.5, 0.6) is 0 Å². The van der Waals surface area contributed by atoms with E-state index in [1.54, 1.807) is 7.05 Å². The molecule has 2 aromatic heterocycles. The Balaban J connectivity index is 2.07. The highest BCUT2D eigenvalue weighted by atomic mass is 35.5. The number of nitrogens with zero attached hydrogens (tertiary/aromatic N) is 4. The van der Waals surface area contributed by atoms with E-state index in [1.807, 2.05) is 28.8 Å². The van der Waals surface area contributed by atoms with E-state index < -0.39 is 5.69 Å². The lowest BCUT2D eigenvalue weighted by atomic mass is 10.2. The maximum absolute atomic E-state index is 12.9. The Labute approximate surface area is 174 Å². The average molecular weight is 420 g/mol. The van der Waals surface area contributed by atoms with Crippen LogP contribution in [0.1, 0.15) is 19.4 Å². The fourth-order valence-corrected chi connectivity index (χ4v) is 3.59. The Morgan fingerprint density at radius 3 is 2.34 bits per heavy atom. The molecule has 0 fully saturated rings. The van der Waals surface area contributed by atoms with Gasteiger partial charge in [0.2, 0.25) is 5.95 Å². The molecule has 0 aliphatic heterocycles. The van der Waals surface area contributed by atoms with Crippen molar-refractivity contribution in [3.8, 4) is 0 Å². The van der Waals surface area contributed by atoms with E-state index in [1.165, 1.54) is 16.5 Å². The van der Waals surface area contributed by atoms with E-state index in [4.69, 9.17) is 11.6 Å². The van der Waals surface area contributed by atoms with Gasteiger partial charge in [-0.25, -0.2) is 4.79 Å². The van der Waals surface area contributed by atoms with Gasteiger partial charge in [-0.15, -0.1) is 0 Å². The van der Waals surface area contributed by atoms with Crippen LogP contribution in [0.25, 0.3) is 11.2 Å². The Morgan fingerprint density at radius 1 is 1.07 bits per heavy atom. The minimum Gasteiger partial charge on any atom is -0.350 e. The van der Waals surface area contributed by atoms with Gasteiger partial charge in [-0.05, 0) is 31.5 Å². The number of rotatable bonds is 8. The molecule has 0 unspecified atom stereocenters. The van der Waals surface area contributed by atoms with Crippen molar-refractivity contribution in [3.63, 3.8) is 0 Å². The smallest absolute Gasteiger partial charge is 0.332 e. The third-order valence-corrected chi connectivity index (χ3v) is 5.62. The predicted octanol–water partition coefficient (Wildman–Crippen LogP) is 0.472. The number of halogens is 1. The number of hydrogen-bond acceptors (Lipinski definition) is 4. The minimum absolute atomic E-state index is 0.355. The molecule has 2 N–H and O–H groups in total. The lowest BCUT2D eigenvalue weighted by molar-refractivity contribution is -0.894. The van der Waals surface area contributed by atoms with Crippen molar-refractivity contribution in [2.75, 3.05) is 31.5 Å². The SMILES string of the molecule is CC[NH+](CC)CCNc1nc2c(c(=O)n(C)c(=O)n2C)n1Cc1ccc(Cl)cc1. The number of imidazole rings is 1. The summed E-state index contributed by atoms with van der Waals surface area (Å²) >= 11 is 6.00. The van der Waals surface area contributed by atoms with Crippen molar-refractivity contribution in [1.29, 1.82) is 0 Å². The van der Waals surface area contributed by atoms with E-state index >= 15 is 0 Å². The van der Waals surface area contributed by atoms with Gasteiger partial charge in [-0.2, -0.15) is 4.98 Å². The summed E-state index contributed by atoms with van der Waals surface area (Å²) in [5, 5.41) is 4.02. The second-order valence-corrected chi connectivity index (χ2v) is 7.60. The zero-order valence-electron chi connectivity index (χ0n) is 17.3. The number of anilines is 1. The number of nitrogens with one attached hydrogen (secondary N) is 2. The zero-order chi connectivity index (χ0) is 21.1. The number of aryl methyl sites for hydroxylation is 1. The quantitative estimate of drug-likeness (QED) is 0.556. The maximum Gasteiger partial charge on any atom is 0.332 e. The molecule has 0 aliphatic rings. The Kier molecular flexibility index (Phi) is 6.44. The fraction of sp³-hybridized carbons (Fsp3) is 0.450. The van der Waals surface area contributed by atoms with Crippen molar-refractivity contribution < 1.29 is 4.90 Å². The molecule has 156 valence electrons. The van der Waals surface area contributed by atoms with Gasteiger partial charge in [-0.3, -0.25) is 18.5 Å². The van der Waals surface area contributed by atoms with Gasteiger partial charge < -0.3 is 10.2 Å². The Morgan fingerprint density at radius 2 is 1.72 bits per heavy atom. The first-order chi connectivity index (χ1) is 13.9. The lowest BCUT2D eigenvalue weighted by Crippen LogP contribution is -3.12. The van der Waals surface area contributed by atoms with Crippen LogP contribution in [-0.2, 0) is 20.6 Å². The van der Waals surface area contributed by atoms with Gasteiger partial charge in [-0.1, -0.05) is 23.7 Å². The summed E-state index contributed by atoms with van der Waals surface area (Å²) in [7, 11) is 3.12. The van der Waals surface area contributed by atoms with Crippen molar-refractivity contribution in [2.45, 2.75) is 20.4 Å². The first kappa shape index (κ1) is 21.1. The third kappa shape index (κ3) is 4.23. The normalized spacial score (nSPS) is 11.5. The van der Waals surface area contributed by atoms with Crippen LogP contribution in [0.3, 0.4) is 0 Å². The molecule has 0 radical (unpaired) electrons. The molecule has 0 spiro atoms. The molecule has 3 aromatic rings. The number of likely N-dealkylation sites (N-methyl/N-ethyl adjacent to an activating group) is 1. The van der Waals surface area contributed by atoms with Crippen LogP contribution in [-0.4, -0.2) is 44.9 Å². The molecule has 29 heavy (non-hydrogen) atoms. The van der Waals surface area contributed by atoms with Gasteiger partial charge in [0.1, 0.15) is 0 Å². The van der Waals surface area contributed by atoms with Crippen LogP contribution in [0.4, 0.5) is 5.95 Å². The number of quaternary nitrogens is 1. The summed E-state index contributed by atoms with van der Waals surface area (Å²) in [5.41, 5.74) is 1.03. The zero-order valence-corrected chi connectivity index (χ0v) is 18.1. The summed E-state index contributed by atoms with van der Waals surface area (Å²) in [6.07, 6.45) is 0. The molecule has 0 atom stereocenters. The maximum atomic E-state index is 12.9. The van der Waals surface area contributed by atoms with Crippen LogP contribution in [0.15, 0.2) is 33.9 Å². The fourth-order valence-electron chi connectivity index (χ4n) is 3.46. The molecule has 0 bridgehead atoms. The number of aromatic nitrogens is 4. The molecule has 1 aromatic carbocycles. The average Bonchev–Trinajstić information content (AvgIpc) is 3.08. The summed E-state index contributed by atoms with van der Waals surface area (Å²) in [5.74, 6) is 0.583. The van der Waals surface area contributed by atoms with Crippen LogP contribution >= 0.6 is 11.6 Å². The summed E-state index contributed by atoms with van der Waals surface area (Å²) in [6.45, 7) is 8.52. The topological polar surface area (TPSA) is 78.3 Å². The number of fused-ring (bicyclic) bond motifs is 1. The molecule has 0 saturated carbocycles. The molecule has 3 rings (SSSR count). The molecular weight excluding hydrogens is 392 g/mol. The van der Waals surface area contributed by atoms with E-state index in [0.717, 1.165) is 36.3 Å². The highest BCUT2D eigenvalue weighted by Crippen LogP contribution is 2.18. The van der Waals surface area contributed by atoms with Gasteiger partial charge in [0, 0.05) is 19.1 Å². The second kappa shape index (κ2) is 8.84. The molecule has 2 heterocycles. The number of hydrogen-bond donors (Lipinski definition) is 2. The lowest BCUT2D eigenvalue weighted by Gasteiger charge is -2.16. The van der Waals surface area contributed by atoms with Crippen LogP contribution in [0, 0.1) is 0 Å².